The summed E-state index contributed by atoms with van der Waals surface area (Å²) in [6.45, 7) is 1.97. The molecule has 0 fully saturated rings. The van der Waals surface area contributed by atoms with Crippen LogP contribution in [0.2, 0.25) is 0 Å². The summed E-state index contributed by atoms with van der Waals surface area (Å²) in [5.74, 6) is 0.532. The number of hydrogen-bond donors (Lipinski definition) is 0. The number of aromatic nitrogens is 1. The molecule has 0 bridgehead atoms. The molecule has 1 aromatic heterocycles. The molecule has 0 radical (unpaired) electrons. The second-order valence-electron chi connectivity index (χ2n) is 1.49. The van der Waals surface area contributed by atoms with Crippen LogP contribution in [-0.4, -0.2) is 4.98 Å². The summed E-state index contributed by atoms with van der Waals surface area (Å²) >= 11 is 7.12. The molecular formula is C5H8Cl3NS. The van der Waals surface area contributed by atoms with E-state index in [0.717, 1.165) is 10.7 Å². The zero-order chi connectivity index (χ0) is 5.98. The van der Waals surface area contributed by atoms with Crippen LogP contribution < -0.4 is 0 Å². The SMILES string of the molecule is Cc1nc(CCl)cs1.Cl.Cl. The number of aryl methyl sites for hydroxylation is 1. The summed E-state index contributed by atoms with van der Waals surface area (Å²) in [4.78, 5) is 4.12. The van der Waals surface area contributed by atoms with Crippen molar-refractivity contribution in [2.75, 3.05) is 0 Å². The number of thiazole rings is 1. The van der Waals surface area contributed by atoms with Gasteiger partial charge in [-0.3, -0.25) is 0 Å². The van der Waals surface area contributed by atoms with Gasteiger partial charge in [0.2, 0.25) is 0 Å². The Labute approximate surface area is 81.6 Å². The van der Waals surface area contributed by atoms with Gasteiger partial charge in [-0.15, -0.1) is 47.8 Å². The molecule has 5 heteroatoms. The first-order valence-corrected chi connectivity index (χ1v) is 3.71. The normalized spacial score (nSPS) is 7.80. The molecule has 1 heterocycles. The minimum atomic E-state index is 0. The molecule has 0 N–H and O–H groups in total. The minimum Gasteiger partial charge on any atom is -0.245 e. The Hall–Kier alpha value is 0.500. The third kappa shape index (κ3) is 3.62. The van der Waals surface area contributed by atoms with Gasteiger partial charge in [0.05, 0.1) is 16.6 Å². The fourth-order valence-corrected chi connectivity index (χ4v) is 1.31. The van der Waals surface area contributed by atoms with Gasteiger partial charge in [-0.25, -0.2) is 4.98 Å². The van der Waals surface area contributed by atoms with E-state index >= 15 is 0 Å². The Kier molecular flexibility index (Phi) is 8.17. The zero-order valence-corrected chi connectivity index (χ0v) is 8.54. The lowest BCUT2D eigenvalue weighted by Gasteiger charge is -1.77. The quantitative estimate of drug-likeness (QED) is 0.663. The van der Waals surface area contributed by atoms with E-state index in [1.807, 2.05) is 12.3 Å². The summed E-state index contributed by atoms with van der Waals surface area (Å²) in [5, 5.41) is 3.06. The van der Waals surface area contributed by atoms with Gasteiger partial charge in [-0.1, -0.05) is 0 Å². The van der Waals surface area contributed by atoms with Crippen LogP contribution in [0.15, 0.2) is 5.38 Å². The number of alkyl halides is 1. The van der Waals surface area contributed by atoms with Crippen molar-refractivity contribution in [3.8, 4) is 0 Å². The fraction of sp³-hybridized carbons (Fsp3) is 0.400. The lowest BCUT2D eigenvalue weighted by molar-refractivity contribution is 1.17. The molecule has 0 spiro atoms. The molecule has 0 aliphatic heterocycles. The maximum absolute atomic E-state index is 5.48. The fourth-order valence-electron chi connectivity index (χ4n) is 0.470. The van der Waals surface area contributed by atoms with E-state index in [1.165, 1.54) is 0 Å². The monoisotopic (exact) mass is 219 g/mol. The Balaban J connectivity index is 0. The number of halogens is 3. The third-order valence-corrected chi connectivity index (χ3v) is 1.90. The van der Waals surface area contributed by atoms with Crippen LogP contribution in [0.25, 0.3) is 0 Å². The van der Waals surface area contributed by atoms with E-state index in [0.29, 0.717) is 5.88 Å². The number of rotatable bonds is 1. The average Bonchev–Trinajstić information content (AvgIpc) is 2.14. The molecule has 1 aromatic rings. The van der Waals surface area contributed by atoms with Crippen LogP contribution in [0.1, 0.15) is 10.7 Å². The lowest BCUT2D eigenvalue weighted by Crippen LogP contribution is -1.74. The molecule has 0 atom stereocenters. The Bertz CT molecular complexity index is 177. The molecule has 0 unspecified atom stereocenters. The summed E-state index contributed by atoms with van der Waals surface area (Å²) in [6.07, 6.45) is 0. The zero-order valence-electron chi connectivity index (χ0n) is 5.33. The van der Waals surface area contributed by atoms with Gasteiger partial charge in [0.15, 0.2) is 0 Å². The molecule has 60 valence electrons. The van der Waals surface area contributed by atoms with Crippen molar-refractivity contribution in [3.63, 3.8) is 0 Å². The van der Waals surface area contributed by atoms with E-state index in [2.05, 4.69) is 4.98 Å². The first kappa shape index (κ1) is 13.1. The van der Waals surface area contributed by atoms with Crippen molar-refractivity contribution >= 4 is 47.8 Å². The molecule has 1 nitrogen and oxygen atoms in total. The van der Waals surface area contributed by atoms with E-state index in [-0.39, 0.29) is 24.8 Å². The Morgan fingerprint density at radius 3 is 2.40 bits per heavy atom. The highest BCUT2D eigenvalue weighted by Gasteiger charge is 1.92. The summed E-state index contributed by atoms with van der Waals surface area (Å²) in [5.41, 5.74) is 0.981. The van der Waals surface area contributed by atoms with Crippen LogP contribution in [0.3, 0.4) is 0 Å². The van der Waals surface area contributed by atoms with Crippen LogP contribution in [0, 0.1) is 6.92 Å². The molecule has 0 amide bonds. The van der Waals surface area contributed by atoms with Gasteiger partial charge in [0, 0.05) is 5.38 Å². The average molecular weight is 221 g/mol. The van der Waals surface area contributed by atoms with Crippen LogP contribution in [0.4, 0.5) is 0 Å². The van der Waals surface area contributed by atoms with Gasteiger partial charge >= 0.3 is 0 Å². The van der Waals surface area contributed by atoms with Gasteiger partial charge in [0.1, 0.15) is 0 Å². The molecule has 10 heavy (non-hydrogen) atoms. The molecular weight excluding hydrogens is 212 g/mol. The van der Waals surface area contributed by atoms with E-state index in [4.69, 9.17) is 11.6 Å². The Morgan fingerprint density at radius 2 is 2.20 bits per heavy atom. The van der Waals surface area contributed by atoms with Crippen LogP contribution in [-0.2, 0) is 5.88 Å². The molecule has 0 aromatic carbocycles. The lowest BCUT2D eigenvalue weighted by atomic mass is 10.6. The molecule has 0 saturated heterocycles. The van der Waals surface area contributed by atoms with E-state index < -0.39 is 0 Å². The van der Waals surface area contributed by atoms with Gasteiger partial charge in [-0.2, -0.15) is 0 Å². The Morgan fingerprint density at radius 1 is 1.60 bits per heavy atom. The summed E-state index contributed by atoms with van der Waals surface area (Å²) in [7, 11) is 0. The van der Waals surface area contributed by atoms with Crippen LogP contribution in [0.5, 0.6) is 0 Å². The molecule has 0 aliphatic rings. The van der Waals surface area contributed by atoms with Crippen molar-refractivity contribution in [1.82, 2.24) is 4.98 Å². The first-order chi connectivity index (χ1) is 3.83. The minimum absolute atomic E-state index is 0. The van der Waals surface area contributed by atoms with Gasteiger partial charge in [0.25, 0.3) is 0 Å². The predicted octanol–water partition coefficient (Wildman–Crippen LogP) is 3.03. The van der Waals surface area contributed by atoms with Crippen LogP contribution >= 0.6 is 47.8 Å². The molecule has 1 rings (SSSR count). The van der Waals surface area contributed by atoms with E-state index in [1.54, 1.807) is 11.3 Å². The maximum atomic E-state index is 5.48. The number of hydrogen-bond acceptors (Lipinski definition) is 2. The van der Waals surface area contributed by atoms with Crippen molar-refractivity contribution in [2.45, 2.75) is 12.8 Å². The second-order valence-corrected chi connectivity index (χ2v) is 2.82. The topological polar surface area (TPSA) is 12.9 Å². The largest absolute Gasteiger partial charge is 0.245 e. The van der Waals surface area contributed by atoms with Crippen molar-refractivity contribution < 1.29 is 0 Å². The third-order valence-electron chi connectivity index (χ3n) is 0.803. The van der Waals surface area contributed by atoms with Gasteiger partial charge < -0.3 is 0 Å². The smallest absolute Gasteiger partial charge is 0.0897 e. The maximum Gasteiger partial charge on any atom is 0.0897 e. The molecule has 0 saturated carbocycles. The summed E-state index contributed by atoms with van der Waals surface area (Å²) in [6, 6.07) is 0. The predicted molar refractivity (Wildman–Crippen MR) is 50.9 cm³/mol. The first-order valence-electron chi connectivity index (χ1n) is 2.30. The molecule has 0 aliphatic carbocycles. The second kappa shape index (κ2) is 6.23. The number of nitrogens with zero attached hydrogens (tertiary/aromatic N) is 1. The highest BCUT2D eigenvalue weighted by atomic mass is 35.5. The standard InChI is InChI=1S/C5H6ClNS.2ClH/c1-4-7-5(2-6)3-8-4;;/h3H,2H2,1H3;2*1H. The highest BCUT2D eigenvalue weighted by Crippen LogP contribution is 2.08. The van der Waals surface area contributed by atoms with E-state index in [9.17, 15) is 0 Å². The van der Waals surface area contributed by atoms with Crippen molar-refractivity contribution in [1.29, 1.82) is 0 Å². The summed E-state index contributed by atoms with van der Waals surface area (Å²) < 4.78 is 0. The van der Waals surface area contributed by atoms with Crippen molar-refractivity contribution in [3.05, 3.63) is 16.1 Å². The van der Waals surface area contributed by atoms with Crippen molar-refractivity contribution in [2.24, 2.45) is 0 Å². The van der Waals surface area contributed by atoms with Gasteiger partial charge in [-0.05, 0) is 6.92 Å². The highest BCUT2D eigenvalue weighted by molar-refractivity contribution is 7.09.